The van der Waals surface area contributed by atoms with Crippen molar-refractivity contribution >= 4 is 17.6 Å². The average molecular weight is 418 g/mol. The number of amides is 3. The lowest BCUT2D eigenvalue weighted by atomic mass is 9.84. The van der Waals surface area contributed by atoms with E-state index in [1.54, 1.807) is 19.0 Å². The van der Waals surface area contributed by atoms with Gasteiger partial charge in [-0.15, -0.1) is 0 Å². The van der Waals surface area contributed by atoms with Gasteiger partial charge in [0, 0.05) is 37.3 Å². The summed E-state index contributed by atoms with van der Waals surface area (Å²) in [6.07, 6.45) is 4.22. The van der Waals surface area contributed by atoms with Crippen LogP contribution in [0.25, 0.3) is 0 Å². The zero-order chi connectivity index (χ0) is 21.3. The topological polar surface area (TPSA) is 100 Å². The van der Waals surface area contributed by atoms with Crippen molar-refractivity contribution in [3.8, 4) is 5.75 Å². The largest absolute Gasteiger partial charge is 0.487 e. The molecule has 4 rings (SSSR count). The van der Waals surface area contributed by atoms with Crippen LogP contribution in [-0.4, -0.2) is 67.0 Å². The van der Waals surface area contributed by atoms with Crippen molar-refractivity contribution in [1.29, 1.82) is 0 Å². The highest BCUT2D eigenvalue weighted by atomic mass is 16.6. The van der Waals surface area contributed by atoms with Gasteiger partial charge in [-0.05, 0) is 37.5 Å². The highest BCUT2D eigenvalue weighted by Crippen LogP contribution is 2.47. The first-order valence-corrected chi connectivity index (χ1v) is 10.8. The van der Waals surface area contributed by atoms with E-state index in [1.165, 1.54) is 0 Å². The van der Waals surface area contributed by atoms with Gasteiger partial charge in [-0.1, -0.05) is 12.8 Å². The molecule has 2 aliphatic heterocycles. The van der Waals surface area contributed by atoms with Gasteiger partial charge in [0.15, 0.2) is 0 Å². The van der Waals surface area contributed by atoms with Gasteiger partial charge in [-0.2, -0.15) is 0 Å². The lowest BCUT2D eigenvalue weighted by Crippen LogP contribution is -2.47. The maximum atomic E-state index is 12.3. The van der Waals surface area contributed by atoms with E-state index in [0.717, 1.165) is 37.0 Å². The zero-order valence-electron chi connectivity index (χ0n) is 17.6. The van der Waals surface area contributed by atoms with Crippen LogP contribution in [0.4, 0.5) is 10.5 Å². The van der Waals surface area contributed by atoms with E-state index in [1.807, 2.05) is 18.2 Å². The summed E-state index contributed by atoms with van der Waals surface area (Å²) in [5.41, 5.74) is 1.70. The molecule has 1 aromatic carbocycles. The summed E-state index contributed by atoms with van der Waals surface area (Å²) < 4.78 is 12.0. The lowest BCUT2D eigenvalue weighted by Gasteiger charge is -2.37. The molecule has 2 fully saturated rings. The molecule has 8 heteroatoms. The molecule has 1 aromatic rings. The van der Waals surface area contributed by atoms with Crippen LogP contribution in [0.2, 0.25) is 0 Å². The van der Waals surface area contributed by atoms with Crippen LogP contribution in [0.1, 0.15) is 50.0 Å². The van der Waals surface area contributed by atoms with Gasteiger partial charge in [0.05, 0.1) is 19.1 Å². The standard InChI is InChI=1S/C22H31N3O5/c1-25(2)20(27)11-15-10-17-16-9-14(24-22(28)23-13-5-3-4-6-13)7-8-18(16)30-21(17)19(12-26)29-15/h7-9,13,15,17,19,21,26H,3-6,10-12H2,1-2H3,(H2,23,24,28)/t15-,17-,19-,21+/m0/s1. The number of aliphatic hydroxyl groups is 1. The number of nitrogens with one attached hydrogen (secondary N) is 2. The molecule has 3 aliphatic rings. The number of anilines is 1. The van der Waals surface area contributed by atoms with Crippen molar-refractivity contribution in [3.63, 3.8) is 0 Å². The van der Waals surface area contributed by atoms with E-state index in [-0.39, 0.29) is 49.1 Å². The molecular weight excluding hydrogens is 386 g/mol. The van der Waals surface area contributed by atoms with Crippen molar-refractivity contribution in [3.05, 3.63) is 23.8 Å². The summed E-state index contributed by atoms with van der Waals surface area (Å²) in [6.45, 7) is -0.170. The molecule has 0 aromatic heterocycles. The molecule has 3 amide bonds. The van der Waals surface area contributed by atoms with Crippen molar-refractivity contribution in [2.45, 2.75) is 68.8 Å². The second-order valence-corrected chi connectivity index (χ2v) is 8.73. The van der Waals surface area contributed by atoms with Crippen LogP contribution in [0.3, 0.4) is 0 Å². The third-order valence-electron chi connectivity index (χ3n) is 6.35. The number of aliphatic hydroxyl groups excluding tert-OH is 1. The molecule has 0 unspecified atom stereocenters. The van der Waals surface area contributed by atoms with E-state index in [0.29, 0.717) is 12.1 Å². The summed E-state index contributed by atoms with van der Waals surface area (Å²) in [5.74, 6) is 0.743. The van der Waals surface area contributed by atoms with E-state index < -0.39 is 6.10 Å². The number of nitrogens with zero attached hydrogens (tertiary/aromatic N) is 1. The molecule has 164 valence electrons. The number of benzene rings is 1. The highest BCUT2D eigenvalue weighted by Gasteiger charge is 2.46. The Balaban J connectivity index is 1.47. The second-order valence-electron chi connectivity index (χ2n) is 8.73. The number of hydrogen-bond acceptors (Lipinski definition) is 5. The first-order chi connectivity index (χ1) is 14.4. The van der Waals surface area contributed by atoms with Crippen LogP contribution >= 0.6 is 0 Å². The molecule has 4 atom stereocenters. The minimum absolute atomic E-state index is 0.00510. The maximum Gasteiger partial charge on any atom is 0.319 e. The molecule has 0 radical (unpaired) electrons. The number of ether oxygens (including phenoxy) is 2. The molecule has 3 N–H and O–H groups in total. The molecule has 1 saturated heterocycles. The van der Waals surface area contributed by atoms with Crippen LogP contribution in [-0.2, 0) is 9.53 Å². The van der Waals surface area contributed by atoms with Crippen LogP contribution in [0, 0.1) is 0 Å². The smallest absolute Gasteiger partial charge is 0.319 e. The molecule has 0 spiro atoms. The van der Waals surface area contributed by atoms with Crippen LogP contribution in [0.5, 0.6) is 5.75 Å². The zero-order valence-corrected chi connectivity index (χ0v) is 17.6. The molecule has 8 nitrogen and oxygen atoms in total. The summed E-state index contributed by atoms with van der Waals surface area (Å²) >= 11 is 0. The third kappa shape index (κ3) is 4.39. The SMILES string of the molecule is CN(C)C(=O)C[C@@H]1C[C@H]2c3cc(NC(=O)NC4CCCC4)ccc3O[C@H]2[C@H](CO)O1. The first kappa shape index (κ1) is 20.9. The number of carbonyl (C=O) groups is 2. The number of carbonyl (C=O) groups excluding carboxylic acids is 2. The number of fused-ring (bicyclic) bond motifs is 3. The molecule has 2 heterocycles. The van der Waals surface area contributed by atoms with Crippen molar-refractivity contribution in [2.24, 2.45) is 0 Å². The Labute approximate surface area is 176 Å². The van der Waals surface area contributed by atoms with Gasteiger partial charge < -0.3 is 30.1 Å². The predicted molar refractivity (Wildman–Crippen MR) is 112 cm³/mol. The van der Waals surface area contributed by atoms with E-state index >= 15 is 0 Å². The van der Waals surface area contributed by atoms with Crippen LogP contribution < -0.4 is 15.4 Å². The Bertz CT molecular complexity index is 793. The number of hydrogen-bond donors (Lipinski definition) is 3. The molecule has 30 heavy (non-hydrogen) atoms. The summed E-state index contributed by atoms with van der Waals surface area (Å²) in [7, 11) is 3.44. The fourth-order valence-electron chi connectivity index (χ4n) is 4.77. The Morgan fingerprint density at radius 2 is 2.00 bits per heavy atom. The Morgan fingerprint density at radius 1 is 1.23 bits per heavy atom. The van der Waals surface area contributed by atoms with Gasteiger partial charge in [-0.25, -0.2) is 4.79 Å². The number of urea groups is 1. The average Bonchev–Trinajstić information content (AvgIpc) is 3.34. The van der Waals surface area contributed by atoms with Crippen molar-refractivity contribution in [2.75, 3.05) is 26.0 Å². The molecule has 1 aliphatic carbocycles. The van der Waals surface area contributed by atoms with Gasteiger partial charge in [0.2, 0.25) is 5.91 Å². The van der Waals surface area contributed by atoms with Crippen molar-refractivity contribution < 1.29 is 24.2 Å². The highest BCUT2D eigenvalue weighted by molar-refractivity contribution is 5.89. The van der Waals surface area contributed by atoms with Gasteiger partial charge in [0.1, 0.15) is 18.0 Å². The minimum atomic E-state index is -0.488. The van der Waals surface area contributed by atoms with Gasteiger partial charge >= 0.3 is 6.03 Å². The summed E-state index contributed by atoms with van der Waals surface area (Å²) in [4.78, 5) is 26.0. The lowest BCUT2D eigenvalue weighted by molar-refractivity contribution is -0.147. The van der Waals surface area contributed by atoms with Gasteiger partial charge in [-0.3, -0.25) is 4.79 Å². The summed E-state index contributed by atoms with van der Waals surface area (Å²) in [6, 6.07) is 5.69. The monoisotopic (exact) mass is 417 g/mol. The quantitative estimate of drug-likeness (QED) is 0.682. The van der Waals surface area contributed by atoms with E-state index in [9.17, 15) is 14.7 Å². The van der Waals surface area contributed by atoms with E-state index in [4.69, 9.17) is 9.47 Å². The predicted octanol–water partition coefficient (Wildman–Crippen LogP) is 2.22. The minimum Gasteiger partial charge on any atom is -0.487 e. The third-order valence-corrected chi connectivity index (χ3v) is 6.35. The Kier molecular flexibility index (Phi) is 6.15. The van der Waals surface area contributed by atoms with Crippen molar-refractivity contribution in [1.82, 2.24) is 10.2 Å². The second kappa shape index (κ2) is 8.81. The first-order valence-electron chi connectivity index (χ1n) is 10.8. The molecule has 1 saturated carbocycles. The molecular formula is C22H31N3O5. The van der Waals surface area contributed by atoms with Gasteiger partial charge in [0.25, 0.3) is 0 Å². The fourth-order valence-corrected chi connectivity index (χ4v) is 4.77. The number of rotatable bonds is 5. The Morgan fingerprint density at radius 3 is 2.70 bits per heavy atom. The Hall–Kier alpha value is -2.32. The normalized spacial score (nSPS) is 27.7. The molecule has 0 bridgehead atoms. The summed E-state index contributed by atoms with van der Waals surface area (Å²) in [5, 5.41) is 15.8. The fraction of sp³-hybridized carbons (Fsp3) is 0.636. The van der Waals surface area contributed by atoms with E-state index in [2.05, 4.69) is 10.6 Å². The maximum absolute atomic E-state index is 12.3. The van der Waals surface area contributed by atoms with Crippen LogP contribution in [0.15, 0.2) is 18.2 Å².